The van der Waals surface area contributed by atoms with Gasteiger partial charge in [0.15, 0.2) is 0 Å². The average molecular weight is 247 g/mol. The van der Waals surface area contributed by atoms with Gasteiger partial charge in [0.2, 0.25) is 0 Å². The molecule has 4 nitrogen and oxygen atoms in total. The SMILES string of the molecule is O=C(NCCc1ccccn1)NC1CCCCC1. The third-order valence-electron chi connectivity index (χ3n) is 3.33. The Balaban J connectivity index is 1.62. The molecule has 0 saturated heterocycles. The van der Waals surface area contributed by atoms with Crippen molar-refractivity contribution in [3.8, 4) is 0 Å². The minimum Gasteiger partial charge on any atom is -0.338 e. The molecule has 1 aromatic rings. The summed E-state index contributed by atoms with van der Waals surface area (Å²) in [7, 11) is 0. The predicted molar refractivity (Wildman–Crippen MR) is 71.3 cm³/mol. The van der Waals surface area contributed by atoms with Gasteiger partial charge in [-0.25, -0.2) is 4.79 Å². The summed E-state index contributed by atoms with van der Waals surface area (Å²) in [6, 6.07) is 6.16. The fourth-order valence-corrected chi connectivity index (χ4v) is 2.33. The third-order valence-corrected chi connectivity index (χ3v) is 3.33. The fraction of sp³-hybridized carbons (Fsp3) is 0.571. The fourth-order valence-electron chi connectivity index (χ4n) is 2.33. The summed E-state index contributed by atoms with van der Waals surface area (Å²) in [5.74, 6) is 0. The molecule has 1 saturated carbocycles. The van der Waals surface area contributed by atoms with Gasteiger partial charge in [0.25, 0.3) is 0 Å². The van der Waals surface area contributed by atoms with Crippen LogP contribution in [0, 0.1) is 0 Å². The van der Waals surface area contributed by atoms with Crippen LogP contribution in [0.5, 0.6) is 0 Å². The van der Waals surface area contributed by atoms with Crippen LogP contribution in [0.2, 0.25) is 0 Å². The predicted octanol–water partition coefficient (Wildman–Crippen LogP) is 2.26. The molecule has 18 heavy (non-hydrogen) atoms. The quantitative estimate of drug-likeness (QED) is 0.857. The summed E-state index contributed by atoms with van der Waals surface area (Å²) in [5, 5.41) is 5.92. The number of amides is 2. The zero-order valence-corrected chi connectivity index (χ0v) is 10.7. The first kappa shape index (κ1) is 12.9. The minimum atomic E-state index is -0.0437. The first-order valence-corrected chi connectivity index (χ1v) is 6.79. The number of pyridine rings is 1. The highest BCUT2D eigenvalue weighted by molar-refractivity contribution is 5.74. The highest BCUT2D eigenvalue weighted by Crippen LogP contribution is 2.17. The number of carbonyl (C=O) groups is 1. The second-order valence-corrected chi connectivity index (χ2v) is 4.81. The molecule has 98 valence electrons. The summed E-state index contributed by atoms with van der Waals surface area (Å²) in [6.45, 7) is 0.634. The van der Waals surface area contributed by atoms with Crippen LogP contribution < -0.4 is 10.6 Å². The molecule has 2 amide bonds. The van der Waals surface area contributed by atoms with Crippen molar-refractivity contribution in [3.05, 3.63) is 30.1 Å². The second-order valence-electron chi connectivity index (χ2n) is 4.81. The Morgan fingerprint density at radius 1 is 1.28 bits per heavy atom. The van der Waals surface area contributed by atoms with E-state index in [1.165, 1.54) is 19.3 Å². The molecule has 0 aromatic carbocycles. The number of hydrogen-bond acceptors (Lipinski definition) is 2. The Kier molecular flexibility index (Phi) is 5.00. The maximum atomic E-state index is 11.7. The van der Waals surface area contributed by atoms with Crippen LogP contribution >= 0.6 is 0 Å². The van der Waals surface area contributed by atoms with E-state index in [0.717, 1.165) is 25.0 Å². The van der Waals surface area contributed by atoms with E-state index >= 15 is 0 Å². The van der Waals surface area contributed by atoms with Gasteiger partial charge in [0, 0.05) is 30.9 Å². The van der Waals surface area contributed by atoms with Crippen molar-refractivity contribution in [2.45, 2.75) is 44.6 Å². The van der Waals surface area contributed by atoms with E-state index in [9.17, 15) is 4.79 Å². The maximum Gasteiger partial charge on any atom is 0.315 e. The molecule has 1 fully saturated rings. The molecule has 0 radical (unpaired) electrons. The van der Waals surface area contributed by atoms with E-state index in [4.69, 9.17) is 0 Å². The van der Waals surface area contributed by atoms with Gasteiger partial charge in [-0.1, -0.05) is 25.3 Å². The normalized spacial score (nSPS) is 16.2. The van der Waals surface area contributed by atoms with Crippen LogP contribution in [0.4, 0.5) is 4.79 Å². The monoisotopic (exact) mass is 247 g/mol. The van der Waals surface area contributed by atoms with E-state index in [1.807, 2.05) is 18.2 Å². The molecular formula is C14H21N3O. The molecule has 1 aliphatic rings. The Labute approximate surface area is 108 Å². The van der Waals surface area contributed by atoms with Crippen molar-refractivity contribution in [1.29, 1.82) is 0 Å². The highest BCUT2D eigenvalue weighted by Gasteiger charge is 2.14. The number of rotatable bonds is 4. The summed E-state index contributed by atoms with van der Waals surface area (Å²) in [4.78, 5) is 15.9. The molecule has 1 heterocycles. The zero-order chi connectivity index (χ0) is 12.6. The lowest BCUT2D eigenvalue weighted by Crippen LogP contribution is -2.43. The van der Waals surface area contributed by atoms with Gasteiger partial charge in [-0.3, -0.25) is 4.98 Å². The smallest absolute Gasteiger partial charge is 0.315 e. The lowest BCUT2D eigenvalue weighted by atomic mass is 9.96. The van der Waals surface area contributed by atoms with Crippen LogP contribution in [-0.2, 0) is 6.42 Å². The van der Waals surface area contributed by atoms with Crippen molar-refractivity contribution in [2.24, 2.45) is 0 Å². The Morgan fingerprint density at radius 2 is 2.11 bits per heavy atom. The Hall–Kier alpha value is -1.58. The summed E-state index contributed by atoms with van der Waals surface area (Å²) >= 11 is 0. The molecule has 1 aromatic heterocycles. The summed E-state index contributed by atoms with van der Waals surface area (Å²) in [5.41, 5.74) is 1.01. The first-order chi connectivity index (χ1) is 8.84. The van der Waals surface area contributed by atoms with Crippen molar-refractivity contribution < 1.29 is 4.79 Å². The lowest BCUT2D eigenvalue weighted by molar-refractivity contribution is 0.233. The van der Waals surface area contributed by atoms with E-state index in [0.29, 0.717) is 12.6 Å². The molecule has 0 spiro atoms. The van der Waals surface area contributed by atoms with Crippen molar-refractivity contribution in [1.82, 2.24) is 15.6 Å². The van der Waals surface area contributed by atoms with Gasteiger partial charge in [0.05, 0.1) is 0 Å². The molecule has 0 aliphatic heterocycles. The number of urea groups is 1. The third kappa shape index (κ3) is 4.35. The van der Waals surface area contributed by atoms with Crippen molar-refractivity contribution >= 4 is 6.03 Å². The zero-order valence-electron chi connectivity index (χ0n) is 10.7. The minimum absolute atomic E-state index is 0.0437. The molecule has 0 atom stereocenters. The molecule has 2 rings (SSSR count). The van der Waals surface area contributed by atoms with Crippen molar-refractivity contribution in [2.75, 3.05) is 6.54 Å². The van der Waals surface area contributed by atoms with E-state index in [2.05, 4.69) is 15.6 Å². The molecule has 2 N–H and O–H groups in total. The van der Waals surface area contributed by atoms with Gasteiger partial charge < -0.3 is 10.6 Å². The van der Waals surface area contributed by atoms with Crippen LogP contribution in [0.1, 0.15) is 37.8 Å². The summed E-state index contributed by atoms with van der Waals surface area (Å²) < 4.78 is 0. The standard InChI is InChI=1S/C14H21N3O/c18-14(17-13-7-2-1-3-8-13)16-11-9-12-6-4-5-10-15-12/h4-6,10,13H,1-3,7-9,11H2,(H2,16,17,18). The summed E-state index contributed by atoms with van der Waals surface area (Å²) in [6.07, 6.45) is 8.56. The van der Waals surface area contributed by atoms with E-state index < -0.39 is 0 Å². The van der Waals surface area contributed by atoms with Gasteiger partial charge in [-0.15, -0.1) is 0 Å². The Morgan fingerprint density at radius 3 is 2.83 bits per heavy atom. The van der Waals surface area contributed by atoms with Crippen LogP contribution in [0.3, 0.4) is 0 Å². The first-order valence-electron chi connectivity index (χ1n) is 6.79. The topological polar surface area (TPSA) is 54.0 Å². The number of nitrogens with zero attached hydrogens (tertiary/aromatic N) is 1. The number of carbonyl (C=O) groups excluding carboxylic acids is 1. The maximum absolute atomic E-state index is 11.7. The number of aromatic nitrogens is 1. The largest absolute Gasteiger partial charge is 0.338 e. The highest BCUT2D eigenvalue weighted by atomic mass is 16.2. The molecular weight excluding hydrogens is 226 g/mol. The van der Waals surface area contributed by atoms with Gasteiger partial charge in [-0.05, 0) is 25.0 Å². The van der Waals surface area contributed by atoms with Gasteiger partial charge in [0.1, 0.15) is 0 Å². The van der Waals surface area contributed by atoms with Gasteiger partial charge in [-0.2, -0.15) is 0 Å². The van der Waals surface area contributed by atoms with Crippen LogP contribution in [-0.4, -0.2) is 23.6 Å². The average Bonchev–Trinajstić information content (AvgIpc) is 2.41. The number of hydrogen-bond donors (Lipinski definition) is 2. The molecule has 1 aliphatic carbocycles. The lowest BCUT2D eigenvalue weighted by Gasteiger charge is -2.22. The second kappa shape index (κ2) is 6.99. The van der Waals surface area contributed by atoms with Crippen LogP contribution in [0.25, 0.3) is 0 Å². The van der Waals surface area contributed by atoms with E-state index in [-0.39, 0.29) is 6.03 Å². The Bertz CT molecular complexity index is 361. The van der Waals surface area contributed by atoms with Crippen molar-refractivity contribution in [3.63, 3.8) is 0 Å². The number of nitrogens with one attached hydrogen (secondary N) is 2. The molecule has 0 unspecified atom stereocenters. The molecule has 0 bridgehead atoms. The van der Waals surface area contributed by atoms with E-state index in [1.54, 1.807) is 6.20 Å². The molecule has 4 heteroatoms. The van der Waals surface area contributed by atoms with Crippen LogP contribution in [0.15, 0.2) is 24.4 Å². The van der Waals surface area contributed by atoms with Gasteiger partial charge >= 0.3 is 6.03 Å².